The number of methoxy groups -OCH3 is 1. The quantitative estimate of drug-likeness (QED) is 0.799. The van der Waals surface area contributed by atoms with Crippen LogP contribution in [0.3, 0.4) is 0 Å². The number of rotatable bonds is 4. The number of nitrogens with one attached hydrogen (secondary N) is 1. The maximum absolute atomic E-state index is 13.3. The van der Waals surface area contributed by atoms with Crippen LogP contribution in [0.25, 0.3) is 0 Å². The summed E-state index contributed by atoms with van der Waals surface area (Å²) in [6.07, 6.45) is -4.11. The van der Waals surface area contributed by atoms with Gasteiger partial charge in [-0.15, -0.1) is 0 Å². The number of carbonyl (C=O) groups excluding carboxylic acids is 1. The third kappa shape index (κ3) is 4.16. The largest absolute Gasteiger partial charge is 0.497 e. The van der Waals surface area contributed by atoms with E-state index >= 15 is 0 Å². The first-order chi connectivity index (χ1) is 14.8. The molecule has 1 saturated heterocycles. The van der Waals surface area contributed by atoms with E-state index in [1.165, 1.54) is 6.07 Å². The minimum absolute atomic E-state index is 0.118. The molecule has 2 aromatic carbocycles. The van der Waals surface area contributed by atoms with E-state index in [0.717, 1.165) is 23.2 Å². The molecule has 1 N–H and O–H groups in total. The number of carbonyl (C=O) groups is 1. The number of hydrogen-bond donors (Lipinski definition) is 1. The van der Waals surface area contributed by atoms with Crippen LogP contribution in [0.4, 0.5) is 24.5 Å². The van der Waals surface area contributed by atoms with Gasteiger partial charge in [0, 0.05) is 43.6 Å². The predicted octanol–water partition coefficient (Wildman–Crippen LogP) is 3.72. The number of nitrogens with zero attached hydrogens (tertiary/aromatic N) is 2. The second kappa shape index (κ2) is 8.32. The monoisotopic (exact) mass is 433 g/mol. The molecule has 8 heteroatoms. The van der Waals surface area contributed by atoms with Gasteiger partial charge in [0.25, 0.3) is 0 Å². The van der Waals surface area contributed by atoms with E-state index in [1.54, 1.807) is 13.2 Å². The molecule has 1 fully saturated rings. The van der Waals surface area contributed by atoms with Crippen LogP contribution in [0.5, 0.6) is 5.75 Å². The van der Waals surface area contributed by atoms with Crippen LogP contribution in [0.2, 0.25) is 0 Å². The van der Waals surface area contributed by atoms with E-state index in [1.807, 2.05) is 31.2 Å². The van der Waals surface area contributed by atoms with E-state index < -0.39 is 17.7 Å². The molecule has 0 radical (unpaired) electrons. The Morgan fingerprint density at radius 1 is 1.19 bits per heavy atom. The summed E-state index contributed by atoms with van der Waals surface area (Å²) in [4.78, 5) is 17.2. The average molecular weight is 433 g/mol. The fourth-order valence-corrected chi connectivity index (χ4v) is 4.65. The molecule has 0 saturated carbocycles. The number of benzene rings is 2. The molecular formula is C23H26F3N3O2. The van der Waals surface area contributed by atoms with E-state index in [2.05, 4.69) is 15.1 Å². The summed E-state index contributed by atoms with van der Waals surface area (Å²) < 4.78 is 45.1. The molecule has 0 aliphatic carbocycles. The molecule has 2 heterocycles. The molecule has 0 unspecified atom stereocenters. The smallest absolute Gasteiger partial charge is 0.416 e. The van der Waals surface area contributed by atoms with Gasteiger partial charge in [0.05, 0.1) is 24.6 Å². The minimum atomic E-state index is -4.40. The molecule has 4 rings (SSSR count). The molecule has 0 spiro atoms. The number of amides is 1. The van der Waals surface area contributed by atoms with Crippen molar-refractivity contribution in [2.24, 2.45) is 5.92 Å². The van der Waals surface area contributed by atoms with E-state index in [0.29, 0.717) is 31.7 Å². The number of fused-ring (bicyclic) bond motifs is 3. The standard InChI is InChI=1S/C23H26F3N3O2/c1-3-27-22(30)19-12-15-11-16(23(24,25)26)7-8-20(15)29-10-9-28(14-21(19)29)17-5-4-6-18(13-17)31-2/h4-8,11,13,19,21H,3,9-10,12,14H2,1-2H3,(H,27,30)/t19-,21+/m1/s1. The Balaban J connectivity index is 1.68. The second-order valence-electron chi connectivity index (χ2n) is 7.95. The molecule has 31 heavy (non-hydrogen) atoms. The third-order valence-electron chi connectivity index (χ3n) is 6.15. The number of anilines is 2. The minimum Gasteiger partial charge on any atom is -0.497 e. The molecule has 1 amide bonds. The normalized spacial score (nSPS) is 20.7. The zero-order valence-corrected chi connectivity index (χ0v) is 17.6. The van der Waals surface area contributed by atoms with Gasteiger partial charge in [0.15, 0.2) is 0 Å². The zero-order valence-electron chi connectivity index (χ0n) is 17.6. The summed E-state index contributed by atoms with van der Waals surface area (Å²) >= 11 is 0. The summed E-state index contributed by atoms with van der Waals surface area (Å²) in [5.41, 5.74) is 1.71. The highest BCUT2D eigenvalue weighted by molar-refractivity contribution is 5.82. The fourth-order valence-electron chi connectivity index (χ4n) is 4.65. The highest BCUT2D eigenvalue weighted by Crippen LogP contribution is 2.40. The predicted molar refractivity (Wildman–Crippen MR) is 114 cm³/mol. The summed E-state index contributed by atoms with van der Waals surface area (Å²) in [6, 6.07) is 11.5. The van der Waals surface area contributed by atoms with Gasteiger partial charge in [-0.05, 0) is 49.2 Å². The molecule has 2 aromatic rings. The topological polar surface area (TPSA) is 44.8 Å². The van der Waals surface area contributed by atoms with Crippen molar-refractivity contribution in [2.75, 3.05) is 43.1 Å². The highest BCUT2D eigenvalue weighted by atomic mass is 19.4. The van der Waals surface area contributed by atoms with Crippen molar-refractivity contribution < 1.29 is 22.7 Å². The van der Waals surface area contributed by atoms with Crippen LogP contribution >= 0.6 is 0 Å². The maximum Gasteiger partial charge on any atom is 0.416 e. The van der Waals surface area contributed by atoms with Gasteiger partial charge in [-0.3, -0.25) is 4.79 Å². The number of piperazine rings is 1. The Bertz CT molecular complexity index is 963. The van der Waals surface area contributed by atoms with Crippen LogP contribution in [0.15, 0.2) is 42.5 Å². The molecule has 5 nitrogen and oxygen atoms in total. The van der Waals surface area contributed by atoms with Crippen molar-refractivity contribution in [1.29, 1.82) is 0 Å². The van der Waals surface area contributed by atoms with E-state index in [4.69, 9.17) is 4.74 Å². The lowest BCUT2D eigenvalue weighted by Crippen LogP contribution is -2.61. The van der Waals surface area contributed by atoms with Crippen LogP contribution < -0.4 is 19.9 Å². The molecule has 2 aliphatic rings. The Morgan fingerprint density at radius 3 is 2.71 bits per heavy atom. The van der Waals surface area contributed by atoms with Gasteiger partial charge in [-0.1, -0.05) is 6.07 Å². The van der Waals surface area contributed by atoms with Gasteiger partial charge >= 0.3 is 6.18 Å². The van der Waals surface area contributed by atoms with Crippen LogP contribution in [0.1, 0.15) is 18.1 Å². The molecule has 2 atom stereocenters. The van der Waals surface area contributed by atoms with Crippen molar-refractivity contribution in [3.8, 4) is 5.75 Å². The van der Waals surface area contributed by atoms with E-state index in [-0.39, 0.29) is 18.4 Å². The van der Waals surface area contributed by atoms with Crippen LogP contribution in [-0.4, -0.2) is 45.2 Å². The number of ether oxygens (including phenoxy) is 1. The highest BCUT2D eigenvalue weighted by Gasteiger charge is 2.42. The van der Waals surface area contributed by atoms with Crippen molar-refractivity contribution in [3.63, 3.8) is 0 Å². The van der Waals surface area contributed by atoms with Crippen LogP contribution in [-0.2, 0) is 17.4 Å². The third-order valence-corrected chi connectivity index (χ3v) is 6.15. The molecule has 166 valence electrons. The Morgan fingerprint density at radius 2 is 2.00 bits per heavy atom. The van der Waals surface area contributed by atoms with Crippen molar-refractivity contribution >= 4 is 17.3 Å². The lowest BCUT2D eigenvalue weighted by Gasteiger charge is -2.49. The summed E-state index contributed by atoms with van der Waals surface area (Å²) in [5, 5.41) is 2.87. The SMILES string of the molecule is CCNC(=O)[C@@H]1Cc2cc(C(F)(F)F)ccc2N2CCN(c3cccc(OC)c3)C[C@@H]12. The Labute approximate surface area is 179 Å². The van der Waals surface area contributed by atoms with Gasteiger partial charge in [0.2, 0.25) is 5.91 Å². The van der Waals surface area contributed by atoms with Crippen molar-refractivity contribution in [2.45, 2.75) is 25.6 Å². The average Bonchev–Trinajstić information content (AvgIpc) is 2.77. The first-order valence-electron chi connectivity index (χ1n) is 10.4. The number of halogens is 3. The molecule has 2 aliphatic heterocycles. The first kappa shape index (κ1) is 21.3. The Hall–Kier alpha value is -2.90. The zero-order chi connectivity index (χ0) is 22.2. The molecular weight excluding hydrogens is 407 g/mol. The lowest BCUT2D eigenvalue weighted by molar-refractivity contribution is -0.137. The summed E-state index contributed by atoms with van der Waals surface area (Å²) in [6.45, 7) is 4.26. The maximum atomic E-state index is 13.3. The number of alkyl halides is 3. The van der Waals surface area contributed by atoms with Gasteiger partial charge in [-0.2, -0.15) is 13.2 Å². The molecule has 0 bridgehead atoms. The lowest BCUT2D eigenvalue weighted by atomic mass is 9.82. The van der Waals surface area contributed by atoms with E-state index in [9.17, 15) is 18.0 Å². The summed E-state index contributed by atoms with van der Waals surface area (Å²) in [5.74, 6) is 0.214. The van der Waals surface area contributed by atoms with Gasteiger partial charge in [-0.25, -0.2) is 0 Å². The first-order valence-corrected chi connectivity index (χ1v) is 10.4. The van der Waals surface area contributed by atoms with Gasteiger partial charge < -0.3 is 19.9 Å². The summed E-state index contributed by atoms with van der Waals surface area (Å²) in [7, 11) is 1.62. The van der Waals surface area contributed by atoms with Crippen molar-refractivity contribution in [1.82, 2.24) is 5.32 Å². The van der Waals surface area contributed by atoms with Crippen molar-refractivity contribution in [3.05, 3.63) is 53.6 Å². The van der Waals surface area contributed by atoms with Gasteiger partial charge in [0.1, 0.15) is 5.75 Å². The van der Waals surface area contributed by atoms with Crippen LogP contribution in [0, 0.1) is 5.92 Å². The number of hydrogen-bond acceptors (Lipinski definition) is 4. The Kier molecular flexibility index (Phi) is 5.73. The fraction of sp³-hybridized carbons (Fsp3) is 0.435. The second-order valence-corrected chi connectivity index (χ2v) is 7.95. The molecule has 0 aromatic heterocycles.